The normalized spacial score (nSPS) is 11.1. The van der Waals surface area contributed by atoms with Crippen molar-refractivity contribution in [2.45, 2.75) is 13.8 Å². The van der Waals surface area contributed by atoms with Crippen molar-refractivity contribution in [1.82, 2.24) is 0 Å². The molecule has 1 rings (SSSR count). The highest BCUT2D eigenvalue weighted by atomic mass is 16.5. The van der Waals surface area contributed by atoms with Crippen molar-refractivity contribution in [2.75, 3.05) is 19.0 Å². The fourth-order valence-electron chi connectivity index (χ4n) is 1.33. The van der Waals surface area contributed by atoms with E-state index in [1.165, 1.54) is 12.7 Å². The van der Waals surface area contributed by atoms with Crippen LogP contribution < -0.4 is 5.32 Å². The summed E-state index contributed by atoms with van der Waals surface area (Å²) in [7, 11) is 1.38. The van der Waals surface area contributed by atoms with Crippen molar-refractivity contribution in [3.63, 3.8) is 0 Å². The molecule has 0 spiro atoms. The molecular formula is C13H17NO2. The third-order valence-electron chi connectivity index (χ3n) is 2.35. The Morgan fingerprint density at radius 1 is 1.44 bits per heavy atom. The first kappa shape index (κ1) is 12.3. The second-order valence-corrected chi connectivity index (χ2v) is 3.57. The molecule has 0 heterocycles. The number of benzene rings is 1. The minimum Gasteiger partial charge on any atom is -0.466 e. The van der Waals surface area contributed by atoms with Gasteiger partial charge in [0.15, 0.2) is 0 Å². The van der Waals surface area contributed by atoms with Gasteiger partial charge in [-0.15, -0.1) is 0 Å². The van der Waals surface area contributed by atoms with E-state index >= 15 is 0 Å². The van der Waals surface area contributed by atoms with Crippen molar-refractivity contribution in [1.29, 1.82) is 0 Å². The fraction of sp³-hybridized carbons (Fsp3) is 0.308. The van der Waals surface area contributed by atoms with E-state index in [0.29, 0.717) is 12.1 Å². The minimum atomic E-state index is -0.286. The summed E-state index contributed by atoms with van der Waals surface area (Å²) in [5, 5.41) is 3.24. The van der Waals surface area contributed by atoms with Gasteiger partial charge in [-0.25, -0.2) is 4.79 Å². The largest absolute Gasteiger partial charge is 0.466 e. The van der Waals surface area contributed by atoms with E-state index in [0.717, 1.165) is 5.69 Å². The molecule has 16 heavy (non-hydrogen) atoms. The van der Waals surface area contributed by atoms with Gasteiger partial charge in [0, 0.05) is 17.8 Å². The van der Waals surface area contributed by atoms with Crippen LogP contribution in [0, 0.1) is 6.92 Å². The fourth-order valence-corrected chi connectivity index (χ4v) is 1.33. The van der Waals surface area contributed by atoms with Gasteiger partial charge in [0.25, 0.3) is 0 Å². The second-order valence-electron chi connectivity index (χ2n) is 3.57. The van der Waals surface area contributed by atoms with E-state index in [1.807, 2.05) is 37.3 Å². The lowest BCUT2D eigenvalue weighted by atomic mass is 10.2. The molecule has 0 atom stereocenters. The quantitative estimate of drug-likeness (QED) is 0.624. The standard InChI is InChI=1S/C13H17NO2/c1-10-6-4-5-7-12(10)14-9-8-11(2)13(15)16-3/h4-8,14H,9H2,1-3H3/b11-8+. The van der Waals surface area contributed by atoms with Crippen LogP contribution in [0.15, 0.2) is 35.9 Å². The van der Waals surface area contributed by atoms with Crippen molar-refractivity contribution in [3.05, 3.63) is 41.5 Å². The lowest BCUT2D eigenvalue weighted by Crippen LogP contribution is -2.05. The van der Waals surface area contributed by atoms with Crippen LogP contribution >= 0.6 is 0 Å². The Bertz CT molecular complexity index is 397. The molecule has 0 bridgehead atoms. The van der Waals surface area contributed by atoms with Gasteiger partial charge in [-0.1, -0.05) is 24.3 Å². The van der Waals surface area contributed by atoms with Gasteiger partial charge < -0.3 is 10.1 Å². The predicted molar refractivity (Wildman–Crippen MR) is 65.4 cm³/mol. The molecule has 0 aromatic heterocycles. The number of esters is 1. The van der Waals surface area contributed by atoms with Crippen LogP contribution in [0.5, 0.6) is 0 Å². The zero-order chi connectivity index (χ0) is 12.0. The third kappa shape index (κ3) is 3.42. The molecule has 1 N–H and O–H groups in total. The average molecular weight is 219 g/mol. The molecule has 86 valence electrons. The number of aryl methyl sites for hydroxylation is 1. The summed E-state index contributed by atoms with van der Waals surface area (Å²) in [6.45, 7) is 4.40. The number of carbonyl (C=O) groups excluding carboxylic acids is 1. The summed E-state index contributed by atoms with van der Waals surface area (Å²) < 4.78 is 4.60. The molecule has 0 aliphatic rings. The average Bonchev–Trinajstić information content (AvgIpc) is 2.30. The number of nitrogens with one attached hydrogen (secondary N) is 1. The van der Waals surface area contributed by atoms with E-state index in [4.69, 9.17) is 0 Å². The predicted octanol–water partition coefficient (Wildman–Crippen LogP) is 2.53. The number of rotatable bonds is 4. The third-order valence-corrected chi connectivity index (χ3v) is 2.35. The highest BCUT2D eigenvalue weighted by Gasteiger charge is 2.01. The number of methoxy groups -OCH3 is 1. The van der Waals surface area contributed by atoms with E-state index < -0.39 is 0 Å². The van der Waals surface area contributed by atoms with Crippen LogP contribution in [0.1, 0.15) is 12.5 Å². The van der Waals surface area contributed by atoms with Crippen LogP contribution in [0.4, 0.5) is 5.69 Å². The molecule has 3 heteroatoms. The molecule has 1 aromatic rings. The first-order chi connectivity index (χ1) is 7.65. The Labute approximate surface area is 96.1 Å². The van der Waals surface area contributed by atoms with Crippen LogP contribution in [-0.2, 0) is 9.53 Å². The van der Waals surface area contributed by atoms with E-state index in [-0.39, 0.29) is 5.97 Å². The highest BCUT2D eigenvalue weighted by Crippen LogP contribution is 2.12. The minimum absolute atomic E-state index is 0.286. The summed E-state index contributed by atoms with van der Waals surface area (Å²) in [5.41, 5.74) is 2.88. The molecule has 0 aliphatic carbocycles. The maximum Gasteiger partial charge on any atom is 0.333 e. The SMILES string of the molecule is COC(=O)/C(C)=C/CNc1ccccc1C. The smallest absolute Gasteiger partial charge is 0.333 e. The zero-order valence-corrected chi connectivity index (χ0v) is 9.91. The monoisotopic (exact) mass is 219 g/mol. The Balaban J connectivity index is 2.53. The van der Waals surface area contributed by atoms with Crippen LogP contribution in [-0.4, -0.2) is 19.6 Å². The Kier molecular flexibility index (Phi) is 4.58. The summed E-state index contributed by atoms with van der Waals surface area (Å²) in [6.07, 6.45) is 1.82. The van der Waals surface area contributed by atoms with Crippen molar-refractivity contribution < 1.29 is 9.53 Å². The molecule has 0 aliphatic heterocycles. The van der Waals surface area contributed by atoms with Gasteiger partial charge in [-0.3, -0.25) is 0 Å². The number of ether oxygens (including phenoxy) is 1. The van der Waals surface area contributed by atoms with E-state index in [1.54, 1.807) is 6.92 Å². The summed E-state index contributed by atoms with van der Waals surface area (Å²) in [4.78, 5) is 11.1. The molecule has 3 nitrogen and oxygen atoms in total. The number of hydrogen-bond donors (Lipinski definition) is 1. The van der Waals surface area contributed by atoms with Gasteiger partial charge in [-0.2, -0.15) is 0 Å². The van der Waals surface area contributed by atoms with Gasteiger partial charge in [0.1, 0.15) is 0 Å². The van der Waals surface area contributed by atoms with Gasteiger partial charge in [0.05, 0.1) is 7.11 Å². The van der Waals surface area contributed by atoms with Gasteiger partial charge in [0.2, 0.25) is 0 Å². The molecule has 0 fully saturated rings. The molecule has 0 radical (unpaired) electrons. The van der Waals surface area contributed by atoms with Crippen LogP contribution in [0.2, 0.25) is 0 Å². The molecule has 0 saturated carbocycles. The number of anilines is 1. The maximum atomic E-state index is 11.1. The van der Waals surface area contributed by atoms with E-state index in [2.05, 4.69) is 10.1 Å². The van der Waals surface area contributed by atoms with Gasteiger partial charge >= 0.3 is 5.97 Å². The number of hydrogen-bond acceptors (Lipinski definition) is 3. The summed E-state index contributed by atoms with van der Waals surface area (Å²) in [6, 6.07) is 8.03. The van der Waals surface area contributed by atoms with Crippen LogP contribution in [0.3, 0.4) is 0 Å². The summed E-state index contributed by atoms with van der Waals surface area (Å²) in [5.74, 6) is -0.286. The van der Waals surface area contributed by atoms with Gasteiger partial charge in [-0.05, 0) is 25.5 Å². The maximum absolute atomic E-state index is 11.1. The van der Waals surface area contributed by atoms with E-state index in [9.17, 15) is 4.79 Å². The first-order valence-electron chi connectivity index (χ1n) is 5.19. The molecular weight excluding hydrogens is 202 g/mol. The highest BCUT2D eigenvalue weighted by molar-refractivity contribution is 5.87. The Hall–Kier alpha value is -1.77. The Morgan fingerprint density at radius 2 is 2.12 bits per heavy atom. The molecule has 0 unspecified atom stereocenters. The molecule has 1 aromatic carbocycles. The number of carbonyl (C=O) groups is 1. The molecule has 0 saturated heterocycles. The Morgan fingerprint density at radius 3 is 2.75 bits per heavy atom. The van der Waals surface area contributed by atoms with Crippen molar-refractivity contribution in [3.8, 4) is 0 Å². The second kappa shape index (κ2) is 5.95. The first-order valence-corrected chi connectivity index (χ1v) is 5.19. The summed E-state index contributed by atoms with van der Waals surface area (Å²) >= 11 is 0. The zero-order valence-electron chi connectivity index (χ0n) is 9.91. The van der Waals surface area contributed by atoms with Crippen molar-refractivity contribution in [2.24, 2.45) is 0 Å². The lowest BCUT2D eigenvalue weighted by molar-refractivity contribution is -0.136. The lowest BCUT2D eigenvalue weighted by Gasteiger charge is -2.07. The molecule has 0 amide bonds. The number of para-hydroxylation sites is 1. The topological polar surface area (TPSA) is 38.3 Å². The van der Waals surface area contributed by atoms with Crippen molar-refractivity contribution >= 4 is 11.7 Å². The van der Waals surface area contributed by atoms with Crippen LogP contribution in [0.25, 0.3) is 0 Å².